The molecule has 1 aromatic rings. The summed E-state index contributed by atoms with van der Waals surface area (Å²) in [5.41, 5.74) is 11.0. The average molecular weight is 198 g/mol. The van der Waals surface area contributed by atoms with E-state index in [1.54, 1.807) is 13.0 Å². The van der Waals surface area contributed by atoms with E-state index in [0.717, 1.165) is 5.56 Å². The molecule has 6 N–H and O–H groups in total. The SMILES string of the molecule is CN.Cc1cc(F)ccc1NC(=N)N. The molecule has 0 radical (unpaired) electrons. The molecule has 0 spiro atoms. The van der Waals surface area contributed by atoms with E-state index in [9.17, 15) is 4.39 Å². The molecule has 0 bridgehead atoms. The van der Waals surface area contributed by atoms with Crippen LogP contribution in [0.5, 0.6) is 0 Å². The molecule has 0 saturated heterocycles. The van der Waals surface area contributed by atoms with Gasteiger partial charge in [0.15, 0.2) is 5.96 Å². The normalized spacial score (nSPS) is 8.57. The molecule has 0 unspecified atom stereocenters. The third-order valence-corrected chi connectivity index (χ3v) is 1.46. The molecular weight excluding hydrogens is 183 g/mol. The maximum absolute atomic E-state index is 12.6. The minimum absolute atomic E-state index is 0.148. The predicted molar refractivity (Wildman–Crippen MR) is 56.8 cm³/mol. The number of halogens is 1. The molecule has 0 aliphatic carbocycles. The van der Waals surface area contributed by atoms with E-state index in [4.69, 9.17) is 11.1 Å². The maximum atomic E-state index is 12.6. The number of hydrogen-bond acceptors (Lipinski definition) is 2. The summed E-state index contributed by atoms with van der Waals surface area (Å²) in [5.74, 6) is -0.439. The lowest BCUT2D eigenvalue weighted by Crippen LogP contribution is -2.20. The lowest BCUT2D eigenvalue weighted by Gasteiger charge is -2.06. The van der Waals surface area contributed by atoms with Gasteiger partial charge in [0.1, 0.15) is 5.82 Å². The Morgan fingerprint density at radius 3 is 2.43 bits per heavy atom. The lowest BCUT2D eigenvalue weighted by atomic mass is 10.2. The fraction of sp³-hybridized carbons (Fsp3) is 0.222. The van der Waals surface area contributed by atoms with Crippen LogP contribution in [0.4, 0.5) is 10.1 Å². The van der Waals surface area contributed by atoms with Crippen LogP contribution in [0.3, 0.4) is 0 Å². The first-order valence-corrected chi connectivity index (χ1v) is 4.04. The molecule has 1 aromatic carbocycles. The number of rotatable bonds is 1. The van der Waals surface area contributed by atoms with E-state index < -0.39 is 0 Å². The van der Waals surface area contributed by atoms with Gasteiger partial charge < -0.3 is 16.8 Å². The highest BCUT2D eigenvalue weighted by molar-refractivity contribution is 5.90. The Labute approximate surface area is 82.6 Å². The van der Waals surface area contributed by atoms with E-state index >= 15 is 0 Å². The Morgan fingerprint density at radius 2 is 2.00 bits per heavy atom. The Morgan fingerprint density at radius 1 is 1.43 bits per heavy atom. The first-order valence-electron chi connectivity index (χ1n) is 4.04. The van der Waals surface area contributed by atoms with E-state index in [2.05, 4.69) is 11.1 Å². The first kappa shape index (κ1) is 12.4. The topological polar surface area (TPSA) is 87.9 Å². The van der Waals surface area contributed by atoms with Gasteiger partial charge in [0.2, 0.25) is 0 Å². The van der Waals surface area contributed by atoms with Gasteiger partial charge in [0.25, 0.3) is 0 Å². The van der Waals surface area contributed by atoms with Crippen molar-refractivity contribution in [2.45, 2.75) is 6.92 Å². The van der Waals surface area contributed by atoms with Crippen LogP contribution < -0.4 is 16.8 Å². The van der Waals surface area contributed by atoms with Gasteiger partial charge in [-0.15, -0.1) is 0 Å². The highest BCUT2D eigenvalue weighted by Crippen LogP contribution is 2.14. The second-order valence-electron chi connectivity index (χ2n) is 2.50. The van der Waals surface area contributed by atoms with Crippen LogP contribution in [-0.2, 0) is 0 Å². The molecule has 5 heteroatoms. The fourth-order valence-corrected chi connectivity index (χ4v) is 0.912. The van der Waals surface area contributed by atoms with Crippen molar-refractivity contribution in [3.05, 3.63) is 29.6 Å². The lowest BCUT2D eigenvalue weighted by molar-refractivity contribution is 0.627. The van der Waals surface area contributed by atoms with Crippen LogP contribution in [0.1, 0.15) is 5.56 Å². The summed E-state index contributed by atoms with van der Waals surface area (Å²) in [7, 11) is 1.50. The molecule has 78 valence electrons. The zero-order chi connectivity index (χ0) is 11.1. The van der Waals surface area contributed by atoms with Crippen molar-refractivity contribution < 1.29 is 4.39 Å². The highest BCUT2D eigenvalue weighted by Gasteiger charge is 1.99. The summed E-state index contributed by atoms with van der Waals surface area (Å²) in [5, 5.41) is 9.55. The van der Waals surface area contributed by atoms with Gasteiger partial charge in [0.05, 0.1) is 0 Å². The van der Waals surface area contributed by atoms with Gasteiger partial charge in [-0.3, -0.25) is 5.41 Å². The standard InChI is InChI=1S/C8H10FN3.CH5N/c1-5-4-6(9)2-3-7(5)12-8(10)11;1-2/h2-4H,1H3,(H4,10,11,12);2H2,1H3. The number of aryl methyl sites for hydroxylation is 1. The third-order valence-electron chi connectivity index (χ3n) is 1.46. The number of nitrogens with one attached hydrogen (secondary N) is 2. The quantitative estimate of drug-likeness (QED) is 0.401. The van der Waals surface area contributed by atoms with Crippen molar-refractivity contribution in [1.82, 2.24) is 0 Å². The van der Waals surface area contributed by atoms with Crippen LogP contribution in [0.25, 0.3) is 0 Å². The molecule has 0 aromatic heterocycles. The number of guanidine groups is 1. The molecule has 14 heavy (non-hydrogen) atoms. The summed E-state index contributed by atoms with van der Waals surface area (Å²) in [4.78, 5) is 0. The van der Waals surface area contributed by atoms with Gasteiger partial charge in [-0.1, -0.05) is 0 Å². The molecule has 0 fully saturated rings. The zero-order valence-corrected chi connectivity index (χ0v) is 8.26. The summed E-state index contributed by atoms with van der Waals surface area (Å²) >= 11 is 0. The van der Waals surface area contributed by atoms with Crippen molar-refractivity contribution in [3.63, 3.8) is 0 Å². The first-order chi connectivity index (χ1) is 6.59. The Kier molecular flexibility index (Phi) is 5.24. The van der Waals surface area contributed by atoms with Gasteiger partial charge in [-0.05, 0) is 37.7 Å². The summed E-state index contributed by atoms with van der Waals surface area (Å²) in [6, 6.07) is 4.25. The van der Waals surface area contributed by atoms with Crippen LogP contribution in [0.2, 0.25) is 0 Å². The molecule has 0 amide bonds. The van der Waals surface area contributed by atoms with Crippen molar-refractivity contribution in [2.75, 3.05) is 12.4 Å². The number of nitrogens with two attached hydrogens (primary N) is 2. The van der Waals surface area contributed by atoms with Crippen LogP contribution in [0.15, 0.2) is 18.2 Å². The van der Waals surface area contributed by atoms with E-state index in [-0.39, 0.29) is 11.8 Å². The smallest absolute Gasteiger partial charge is 0.190 e. The van der Waals surface area contributed by atoms with E-state index in [0.29, 0.717) is 5.69 Å². The van der Waals surface area contributed by atoms with Crippen molar-refractivity contribution in [1.29, 1.82) is 5.41 Å². The van der Waals surface area contributed by atoms with Crippen molar-refractivity contribution in [3.8, 4) is 0 Å². The molecule has 4 nitrogen and oxygen atoms in total. The van der Waals surface area contributed by atoms with E-state index in [1.807, 2.05) is 0 Å². The third kappa shape index (κ3) is 3.86. The zero-order valence-electron chi connectivity index (χ0n) is 8.26. The van der Waals surface area contributed by atoms with Crippen LogP contribution in [-0.4, -0.2) is 13.0 Å². The molecule has 0 saturated carbocycles. The molecule has 0 aliphatic rings. The van der Waals surface area contributed by atoms with Gasteiger partial charge >= 0.3 is 0 Å². The molecule has 0 aliphatic heterocycles. The highest BCUT2D eigenvalue weighted by atomic mass is 19.1. The van der Waals surface area contributed by atoms with Gasteiger partial charge in [0, 0.05) is 5.69 Å². The monoisotopic (exact) mass is 198 g/mol. The Hall–Kier alpha value is -1.62. The fourth-order valence-electron chi connectivity index (χ4n) is 0.912. The second kappa shape index (κ2) is 5.93. The molecule has 0 heterocycles. The number of hydrogen-bond donors (Lipinski definition) is 4. The molecule has 1 rings (SSSR count). The van der Waals surface area contributed by atoms with Crippen molar-refractivity contribution >= 4 is 11.6 Å². The number of benzene rings is 1. The Bertz CT molecular complexity index is 312. The van der Waals surface area contributed by atoms with Crippen molar-refractivity contribution in [2.24, 2.45) is 11.5 Å². The second-order valence-corrected chi connectivity index (χ2v) is 2.50. The summed E-state index contributed by atoms with van der Waals surface area (Å²) in [6.45, 7) is 1.74. The minimum atomic E-state index is -0.290. The minimum Gasteiger partial charge on any atom is -0.370 e. The van der Waals surface area contributed by atoms with Crippen LogP contribution in [0, 0.1) is 18.2 Å². The van der Waals surface area contributed by atoms with Gasteiger partial charge in [-0.2, -0.15) is 0 Å². The van der Waals surface area contributed by atoms with Crippen LogP contribution >= 0.6 is 0 Å². The predicted octanol–water partition coefficient (Wildman–Crippen LogP) is 1.01. The molecular formula is C9H15FN4. The largest absolute Gasteiger partial charge is 0.370 e. The maximum Gasteiger partial charge on any atom is 0.190 e. The summed E-state index contributed by atoms with van der Waals surface area (Å²) < 4.78 is 12.6. The summed E-state index contributed by atoms with van der Waals surface area (Å²) in [6.07, 6.45) is 0. The van der Waals surface area contributed by atoms with E-state index in [1.165, 1.54) is 19.2 Å². The average Bonchev–Trinajstić information content (AvgIpc) is 2.13. The number of anilines is 1. The van der Waals surface area contributed by atoms with Gasteiger partial charge in [-0.25, -0.2) is 4.39 Å². The Balaban J connectivity index is 0.000000791. The molecule has 0 atom stereocenters.